The third kappa shape index (κ3) is 4.16. The Morgan fingerprint density at radius 2 is 1.77 bits per heavy atom. The molecule has 3 aromatic rings. The minimum absolute atomic E-state index is 0.103. The van der Waals surface area contributed by atoms with Gasteiger partial charge in [0.2, 0.25) is 5.91 Å². The van der Waals surface area contributed by atoms with Crippen molar-refractivity contribution in [2.45, 2.75) is 39.2 Å². The summed E-state index contributed by atoms with van der Waals surface area (Å²) in [5, 5.41) is 3.38. The molecular weight excluding hydrogens is 414 g/mol. The molecule has 2 heterocycles. The molecule has 2 aromatic heterocycles. The van der Waals surface area contributed by atoms with Crippen LogP contribution in [0.25, 0.3) is 0 Å². The Morgan fingerprint density at radius 3 is 2.52 bits per heavy atom. The van der Waals surface area contributed by atoms with Gasteiger partial charge in [0.15, 0.2) is 5.78 Å². The normalized spacial score (nSPS) is 13.0. The highest BCUT2D eigenvalue weighted by Crippen LogP contribution is 2.39. The molecule has 7 nitrogen and oxygen atoms in total. The van der Waals surface area contributed by atoms with E-state index in [1.807, 2.05) is 19.1 Å². The summed E-state index contributed by atoms with van der Waals surface area (Å²) < 4.78 is 2.12. The largest absolute Gasteiger partial charge is 0.331 e. The van der Waals surface area contributed by atoms with Crippen LogP contribution in [-0.4, -0.2) is 20.8 Å². The van der Waals surface area contributed by atoms with E-state index < -0.39 is 17.2 Å². The van der Waals surface area contributed by atoms with Gasteiger partial charge in [-0.25, -0.2) is 4.79 Å². The molecule has 1 N–H and O–H groups in total. The Kier molecular flexibility index (Phi) is 5.73. The van der Waals surface area contributed by atoms with E-state index in [0.717, 1.165) is 46.3 Å². The molecule has 8 heteroatoms. The monoisotopic (exact) mass is 437 g/mol. The lowest BCUT2D eigenvalue weighted by Gasteiger charge is -2.13. The molecule has 0 spiro atoms. The standard InChI is InChI=1S/C23H23N3O4S/c1-14-7-9-15(10-8-14)21(29)20-16-5-3-4-6-17(16)31-22(20)24-18(27)13-26-12-11-19(28)25(2)23(26)30/h7-12H,3-6,13H2,1-2H3,(H,24,27). The first kappa shape index (κ1) is 21.0. The number of rotatable bonds is 5. The van der Waals surface area contributed by atoms with Crippen LogP contribution in [0, 0.1) is 6.92 Å². The predicted octanol–water partition coefficient (Wildman–Crippen LogP) is 2.67. The van der Waals surface area contributed by atoms with Crippen LogP contribution in [0.4, 0.5) is 5.00 Å². The minimum atomic E-state index is -0.566. The number of hydrogen-bond acceptors (Lipinski definition) is 5. The predicted molar refractivity (Wildman–Crippen MR) is 120 cm³/mol. The number of nitrogens with zero attached hydrogens (tertiary/aromatic N) is 2. The Labute approximate surface area is 183 Å². The van der Waals surface area contributed by atoms with Gasteiger partial charge < -0.3 is 5.32 Å². The third-order valence-electron chi connectivity index (χ3n) is 5.54. The number of carbonyl (C=O) groups is 2. The molecule has 1 amide bonds. The number of nitrogens with one attached hydrogen (secondary N) is 1. The Balaban J connectivity index is 1.66. The fourth-order valence-corrected chi connectivity index (χ4v) is 5.10. The van der Waals surface area contributed by atoms with Crippen molar-refractivity contribution in [1.29, 1.82) is 0 Å². The van der Waals surface area contributed by atoms with E-state index in [4.69, 9.17) is 0 Å². The van der Waals surface area contributed by atoms with Gasteiger partial charge in [0.05, 0.1) is 5.56 Å². The fraction of sp³-hybridized carbons (Fsp3) is 0.304. The van der Waals surface area contributed by atoms with E-state index >= 15 is 0 Å². The lowest BCUT2D eigenvalue weighted by Crippen LogP contribution is -2.39. The lowest BCUT2D eigenvalue weighted by molar-refractivity contribution is -0.116. The number of anilines is 1. The average molecular weight is 438 g/mol. The van der Waals surface area contributed by atoms with Crippen LogP contribution in [0.5, 0.6) is 0 Å². The summed E-state index contributed by atoms with van der Waals surface area (Å²) in [4.78, 5) is 51.0. The Bertz CT molecular complexity index is 1280. The maximum atomic E-state index is 13.3. The van der Waals surface area contributed by atoms with Crippen LogP contribution >= 0.6 is 11.3 Å². The van der Waals surface area contributed by atoms with E-state index in [1.54, 1.807) is 12.1 Å². The summed E-state index contributed by atoms with van der Waals surface area (Å²) in [6.07, 6.45) is 5.09. The van der Waals surface area contributed by atoms with Crippen molar-refractivity contribution in [2.24, 2.45) is 7.05 Å². The van der Waals surface area contributed by atoms with Crippen molar-refractivity contribution in [3.05, 3.63) is 84.5 Å². The molecule has 0 saturated carbocycles. The smallest absolute Gasteiger partial charge is 0.316 e. The van der Waals surface area contributed by atoms with Gasteiger partial charge in [-0.3, -0.25) is 23.5 Å². The van der Waals surface area contributed by atoms with Crippen LogP contribution in [0.15, 0.2) is 46.1 Å². The van der Waals surface area contributed by atoms with Gasteiger partial charge >= 0.3 is 5.69 Å². The molecule has 0 aliphatic heterocycles. The molecular formula is C23H23N3O4S. The maximum Gasteiger partial charge on any atom is 0.331 e. The van der Waals surface area contributed by atoms with Crippen LogP contribution < -0.4 is 16.6 Å². The first-order valence-electron chi connectivity index (χ1n) is 10.2. The van der Waals surface area contributed by atoms with Crippen LogP contribution in [0.3, 0.4) is 0 Å². The maximum absolute atomic E-state index is 13.3. The number of amides is 1. The highest BCUT2D eigenvalue weighted by atomic mass is 32.1. The van der Waals surface area contributed by atoms with E-state index in [-0.39, 0.29) is 12.3 Å². The quantitative estimate of drug-likeness (QED) is 0.622. The van der Waals surface area contributed by atoms with Gasteiger partial charge in [0.1, 0.15) is 11.5 Å². The zero-order chi connectivity index (χ0) is 22.1. The van der Waals surface area contributed by atoms with Crippen molar-refractivity contribution >= 4 is 28.0 Å². The lowest BCUT2D eigenvalue weighted by atomic mass is 9.91. The molecule has 160 valence electrons. The molecule has 0 fully saturated rings. The summed E-state index contributed by atoms with van der Waals surface area (Å²) in [6, 6.07) is 8.65. The molecule has 1 aliphatic rings. The zero-order valence-electron chi connectivity index (χ0n) is 17.4. The number of thiophene rings is 1. The number of ketones is 1. The Morgan fingerprint density at radius 1 is 1.06 bits per heavy atom. The van der Waals surface area contributed by atoms with E-state index in [0.29, 0.717) is 16.1 Å². The molecule has 0 bridgehead atoms. The molecule has 31 heavy (non-hydrogen) atoms. The highest BCUT2D eigenvalue weighted by Gasteiger charge is 2.27. The molecule has 0 unspecified atom stereocenters. The summed E-state index contributed by atoms with van der Waals surface area (Å²) in [6.45, 7) is 1.72. The second kappa shape index (κ2) is 8.47. The highest BCUT2D eigenvalue weighted by molar-refractivity contribution is 7.17. The van der Waals surface area contributed by atoms with Crippen molar-refractivity contribution in [2.75, 3.05) is 5.32 Å². The molecule has 4 rings (SSSR count). The Hall–Kier alpha value is -3.26. The summed E-state index contributed by atoms with van der Waals surface area (Å²) in [5.74, 6) is -0.522. The molecule has 1 aromatic carbocycles. The molecule has 0 radical (unpaired) electrons. The van der Waals surface area contributed by atoms with Crippen molar-refractivity contribution < 1.29 is 9.59 Å². The molecule has 0 saturated heterocycles. The van der Waals surface area contributed by atoms with Crippen molar-refractivity contribution in [1.82, 2.24) is 9.13 Å². The minimum Gasteiger partial charge on any atom is -0.316 e. The first-order valence-corrected chi connectivity index (χ1v) is 11.0. The van der Waals surface area contributed by atoms with E-state index in [9.17, 15) is 19.2 Å². The number of aromatic nitrogens is 2. The van der Waals surface area contributed by atoms with Gasteiger partial charge in [-0.05, 0) is 38.2 Å². The van der Waals surface area contributed by atoms with Gasteiger partial charge in [-0.2, -0.15) is 0 Å². The molecule has 1 aliphatic carbocycles. The number of benzene rings is 1. The number of hydrogen-bond donors (Lipinski definition) is 1. The number of carbonyl (C=O) groups excluding carboxylic acids is 2. The second-order valence-corrected chi connectivity index (χ2v) is 8.89. The van der Waals surface area contributed by atoms with Crippen LogP contribution in [-0.2, 0) is 31.2 Å². The van der Waals surface area contributed by atoms with Crippen LogP contribution in [0.2, 0.25) is 0 Å². The third-order valence-corrected chi connectivity index (χ3v) is 6.75. The fourth-order valence-electron chi connectivity index (χ4n) is 3.80. The van der Waals surface area contributed by atoms with Crippen molar-refractivity contribution in [3.8, 4) is 0 Å². The van der Waals surface area contributed by atoms with Crippen LogP contribution in [0.1, 0.15) is 44.8 Å². The van der Waals surface area contributed by atoms with Gasteiger partial charge in [-0.1, -0.05) is 29.8 Å². The average Bonchev–Trinajstić information content (AvgIpc) is 3.11. The van der Waals surface area contributed by atoms with Crippen molar-refractivity contribution in [3.63, 3.8) is 0 Å². The van der Waals surface area contributed by atoms with E-state index in [1.165, 1.54) is 35.2 Å². The topological polar surface area (TPSA) is 90.2 Å². The van der Waals surface area contributed by atoms with Gasteiger partial charge in [0.25, 0.3) is 5.56 Å². The summed E-state index contributed by atoms with van der Waals surface area (Å²) >= 11 is 1.44. The second-order valence-electron chi connectivity index (χ2n) is 7.78. The zero-order valence-corrected chi connectivity index (χ0v) is 18.3. The SMILES string of the molecule is Cc1ccc(C(=O)c2c(NC(=O)Cn3ccc(=O)n(C)c3=O)sc3c2CCCC3)cc1. The number of fused-ring (bicyclic) bond motifs is 1. The summed E-state index contributed by atoms with van der Waals surface area (Å²) in [7, 11) is 1.37. The van der Waals surface area contributed by atoms with Gasteiger partial charge in [-0.15, -0.1) is 11.3 Å². The van der Waals surface area contributed by atoms with Gasteiger partial charge in [0, 0.05) is 29.8 Å². The molecule has 0 atom stereocenters. The van der Waals surface area contributed by atoms with E-state index in [2.05, 4.69) is 5.32 Å². The first-order chi connectivity index (χ1) is 14.8. The number of aryl methyl sites for hydroxylation is 2. The summed E-state index contributed by atoms with van der Waals surface area (Å²) in [5.41, 5.74) is 2.24.